The Morgan fingerprint density at radius 3 is 3.00 bits per heavy atom. The van der Waals surface area contributed by atoms with E-state index in [1.54, 1.807) is 11.3 Å². The number of rotatable bonds is 6. The van der Waals surface area contributed by atoms with Gasteiger partial charge in [-0.05, 0) is 43.0 Å². The van der Waals surface area contributed by atoms with Crippen molar-refractivity contribution in [2.24, 2.45) is 5.92 Å². The van der Waals surface area contributed by atoms with E-state index in [-0.39, 0.29) is 0 Å². The molecule has 0 N–H and O–H groups in total. The van der Waals surface area contributed by atoms with E-state index < -0.39 is 0 Å². The van der Waals surface area contributed by atoms with Gasteiger partial charge in [0.2, 0.25) is 17.6 Å². The van der Waals surface area contributed by atoms with Crippen molar-refractivity contribution in [2.45, 2.75) is 50.2 Å². The summed E-state index contributed by atoms with van der Waals surface area (Å²) in [6.45, 7) is 1.71. The molecule has 3 heterocycles. The summed E-state index contributed by atoms with van der Waals surface area (Å²) in [5.74, 6) is 2.71. The Labute approximate surface area is 162 Å². The highest BCUT2D eigenvalue weighted by molar-refractivity contribution is 8.00. The molecule has 1 aliphatic carbocycles. The van der Waals surface area contributed by atoms with Crippen molar-refractivity contribution in [1.82, 2.24) is 15.0 Å². The van der Waals surface area contributed by atoms with E-state index in [1.807, 2.05) is 33.5 Å². The molecule has 0 bridgehead atoms. The van der Waals surface area contributed by atoms with Gasteiger partial charge >= 0.3 is 0 Å². The zero-order valence-electron chi connectivity index (χ0n) is 14.9. The summed E-state index contributed by atoms with van der Waals surface area (Å²) in [6.07, 6.45) is 8.17. The Morgan fingerprint density at radius 2 is 2.19 bits per heavy atom. The first kappa shape index (κ1) is 18.0. The Balaban J connectivity index is 1.28. The molecule has 7 heteroatoms. The van der Waals surface area contributed by atoms with E-state index in [0.29, 0.717) is 34.5 Å². The van der Waals surface area contributed by atoms with Gasteiger partial charge in [0, 0.05) is 35.7 Å². The van der Waals surface area contributed by atoms with Crippen molar-refractivity contribution < 1.29 is 9.32 Å². The van der Waals surface area contributed by atoms with E-state index in [0.717, 1.165) is 37.9 Å². The quantitative estimate of drug-likeness (QED) is 0.736. The highest BCUT2D eigenvalue weighted by atomic mass is 32.2. The van der Waals surface area contributed by atoms with Crippen molar-refractivity contribution >= 4 is 29.0 Å². The second-order valence-corrected chi connectivity index (χ2v) is 9.36. The van der Waals surface area contributed by atoms with Crippen molar-refractivity contribution in [1.29, 1.82) is 0 Å². The average Bonchev–Trinajstić information content (AvgIpc) is 3.41. The number of hydrogen-bond donors (Lipinski definition) is 0. The summed E-state index contributed by atoms with van der Waals surface area (Å²) < 4.78 is 5.44. The lowest BCUT2D eigenvalue weighted by Gasteiger charge is -2.32. The van der Waals surface area contributed by atoms with Gasteiger partial charge < -0.3 is 9.42 Å². The number of amides is 1. The highest BCUT2D eigenvalue weighted by Gasteiger charge is 2.26. The zero-order valence-corrected chi connectivity index (χ0v) is 16.6. The van der Waals surface area contributed by atoms with E-state index >= 15 is 0 Å². The smallest absolute Gasteiger partial charge is 0.232 e. The molecule has 0 radical (unpaired) electrons. The maximum atomic E-state index is 12.6. The zero-order chi connectivity index (χ0) is 17.8. The first-order valence-electron chi connectivity index (χ1n) is 9.52. The van der Waals surface area contributed by atoms with E-state index in [4.69, 9.17) is 4.52 Å². The minimum absolute atomic E-state index is 0.302. The molecule has 1 saturated carbocycles. The predicted molar refractivity (Wildman–Crippen MR) is 105 cm³/mol. The summed E-state index contributed by atoms with van der Waals surface area (Å²) in [6, 6.07) is 2.00. The number of likely N-dealkylation sites (tertiary alicyclic amines) is 1. The van der Waals surface area contributed by atoms with Crippen LogP contribution in [0.15, 0.2) is 21.3 Å². The van der Waals surface area contributed by atoms with Gasteiger partial charge in [-0.25, -0.2) is 0 Å². The van der Waals surface area contributed by atoms with Crippen LogP contribution in [0.25, 0.3) is 11.4 Å². The number of hydrogen-bond acceptors (Lipinski definition) is 6. The standard InChI is InChI=1S/C19H25N3O2S2/c23-18(13-26-16-5-1-2-6-16)22-8-3-4-14(11-22)10-17-20-19(21-24-17)15-7-9-25-12-15/h7,9,12,14,16H,1-6,8,10-11,13H2/t14-/m1/s1. The number of thioether (sulfide) groups is 1. The fraction of sp³-hybridized carbons (Fsp3) is 0.632. The van der Waals surface area contributed by atoms with Crippen molar-refractivity contribution in [2.75, 3.05) is 18.8 Å². The topological polar surface area (TPSA) is 59.2 Å². The predicted octanol–water partition coefficient (Wildman–Crippen LogP) is 4.26. The lowest BCUT2D eigenvalue weighted by atomic mass is 9.95. The van der Waals surface area contributed by atoms with E-state index in [2.05, 4.69) is 10.1 Å². The molecular weight excluding hydrogens is 366 g/mol. The monoisotopic (exact) mass is 391 g/mol. The molecule has 1 saturated heterocycles. The number of nitrogens with zero attached hydrogens (tertiary/aromatic N) is 3. The van der Waals surface area contributed by atoms with Gasteiger partial charge in [-0.3, -0.25) is 4.79 Å². The van der Waals surface area contributed by atoms with Crippen molar-refractivity contribution in [3.63, 3.8) is 0 Å². The average molecular weight is 392 g/mol. The summed E-state index contributed by atoms with van der Waals surface area (Å²) >= 11 is 3.49. The summed E-state index contributed by atoms with van der Waals surface area (Å²) in [5.41, 5.74) is 1.01. The Morgan fingerprint density at radius 1 is 1.31 bits per heavy atom. The number of aromatic nitrogens is 2. The third-order valence-electron chi connectivity index (χ3n) is 5.33. The van der Waals surface area contributed by atoms with Crippen LogP contribution in [0.2, 0.25) is 0 Å². The molecule has 2 aliphatic rings. The Kier molecular flexibility index (Phi) is 5.94. The Hall–Kier alpha value is -1.34. The second kappa shape index (κ2) is 8.57. The molecule has 1 amide bonds. The van der Waals surface area contributed by atoms with Crippen LogP contribution in [0.1, 0.15) is 44.4 Å². The first-order valence-corrected chi connectivity index (χ1v) is 11.5. The molecule has 2 aromatic heterocycles. The molecule has 0 spiro atoms. The molecule has 2 fully saturated rings. The molecule has 1 atom stereocenters. The van der Waals surface area contributed by atoms with Gasteiger partial charge in [-0.15, -0.1) is 11.8 Å². The second-order valence-electron chi connectivity index (χ2n) is 7.29. The SMILES string of the molecule is O=C(CSC1CCCC1)N1CCC[C@H](Cc2nc(-c3ccsc3)no2)C1. The van der Waals surface area contributed by atoms with Crippen LogP contribution in [0.5, 0.6) is 0 Å². The number of thiophene rings is 1. The number of carbonyl (C=O) groups is 1. The fourth-order valence-corrected chi connectivity index (χ4v) is 5.75. The van der Waals surface area contributed by atoms with Gasteiger partial charge in [0.05, 0.1) is 5.75 Å². The van der Waals surface area contributed by atoms with Crippen LogP contribution in [-0.2, 0) is 11.2 Å². The van der Waals surface area contributed by atoms with Crippen LogP contribution in [0, 0.1) is 5.92 Å². The van der Waals surface area contributed by atoms with E-state index in [9.17, 15) is 4.79 Å². The molecule has 140 valence electrons. The van der Waals surface area contributed by atoms with Gasteiger partial charge in [0.1, 0.15) is 0 Å². The molecule has 1 aliphatic heterocycles. The van der Waals surface area contributed by atoms with Crippen LogP contribution in [0.3, 0.4) is 0 Å². The van der Waals surface area contributed by atoms with Crippen LogP contribution in [0.4, 0.5) is 0 Å². The maximum absolute atomic E-state index is 12.6. The van der Waals surface area contributed by atoms with Crippen molar-refractivity contribution in [3.05, 3.63) is 22.7 Å². The summed E-state index contributed by atoms with van der Waals surface area (Å²) in [7, 11) is 0. The lowest BCUT2D eigenvalue weighted by Crippen LogP contribution is -2.41. The highest BCUT2D eigenvalue weighted by Crippen LogP contribution is 2.30. The Bertz CT molecular complexity index is 710. The molecule has 4 rings (SSSR count). The molecular formula is C19H25N3O2S2. The fourth-order valence-electron chi connectivity index (χ4n) is 3.89. The third-order valence-corrected chi connectivity index (χ3v) is 7.37. The minimum atomic E-state index is 0.302. The van der Waals surface area contributed by atoms with Gasteiger partial charge in [-0.1, -0.05) is 18.0 Å². The van der Waals surface area contributed by atoms with Crippen molar-refractivity contribution in [3.8, 4) is 11.4 Å². The maximum Gasteiger partial charge on any atom is 0.232 e. The first-order chi connectivity index (χ1) is 12.8. The van der Waals surface area contributed by atoms with Gasteiger partial charge in [0.15, 0.2) is 0 Å². The van der Waals surface area contributed by atoms with Gasteiger partial charge in [-0.2, -0.15) is 16.3 Å². The number of piperidine rings is 1. The molecule has 5 nitrogen and oxygen atoms in total. The number of carbonyl (C=O) groups excluding carboxylic acids is 1. The van der Waals surface area contributed by atoms with E-state index in [1.165, 1.54) is 25.7 Å². The minimum Gasteiger partial charge on any atom is -0.342 e. The normalized spacial score (nSPS) is 21.4. The lowest BCUT2D eigenvalue weighted by molar-refractivity contribution is -0.130. The summed E-state index contributed by atoms with van der Waals surface area (Å²) in [5, 5.41) is 8.83. The molecule has 0 aromatic carbocycles. The molecule has 2 aromatic rings. The summed E-state index contributed by atoms with van der Waals surface area (Å²) in [4.78, 5) is 19.1. The van der Waals surface area contributed by atoms with Crippen LogP contribution < -0.4 is 0 Å². The van der Waals surface area contributed by atoms with Crippen LogP contribution in [-0.4, -0.2) is 45.0 Å². The molecule has 26 heavy (non-hydrogen) atoms. The third kappa shape index (κ3) is 4.49. The van der Waals surface area contributed by atoms with Crippen LogP contribution >= 0.6 is 23.1 Å². The molecule has 0 unspecified atom stereocenters. The van der Waals surface area contributed by atoms with Gasteiger partial charge in [0.25, 0.3) is 0 Å². The largest absolute Gasteiger partial charge is 0.342 e.